The van der Waals surface area contributed by atoms with Crippen LogP contribution in [0.25, 0.3) is 0 Å². The van der Waals surface area contributed by atoms with Crippen molar-refractivity contribution in [3.63, 3.8) is 0 Å². The second kappa shape index (κ2) is 6.67. The molecule has 1 aromatic rings. The molecule has 0 aromatic heterocycles. The highest BCUT2D eigenvalue weighted by atomic mass is 35.5. The van der Waals surface area contributed by atoms with Crippen LogP contribution >= 0.6 is 11.6 Å². The smallest absolute Gasteiger partial charge is 0.410 e. The first-order valence-corrected chi connectivity index (χ1v) is 5.51. The number of ether oxygens (including phenoxy) is 1. The molecule has 0 fully saturated rings. The Morgan fingerprint density at radius 3 is 2.50 bits per heavy atom. The number of nitrogens with zero attached hydrogens (tertiary/aromatic N) is 1. The number of Topliss-reactive ketones (excluding diaryl/α,β-unsaturated/α-hetero) is 1. The zero-order valence-electron chi connectivity index (χ0n) is 9.85. The lowest BCUT2D eigenvalue weighted by molar-refractivity contribution is 0.0896. The molecule has 1 amide bonds. The van der Waals surface area contributed by atoms with Gasteiger partial charge in [-0.2, -0.15) is 0 Å². The Kier molecular flexibility index (Phi) is 5.22. The molecule has 0 atom stereocenters. The predicted octanol–water partition coefficient (Wildman–Crippen LogP) is 2.22. The van der Waals surface area contributed by atoms with Gasteiger partial charge in [-0.25, -0.2) is 4.79 Å². The highest BCUT2D eigenvalue weighted by molar-refractivity contribution is 6.30. The number of ketones is 1. The highest BCUT2D eigenvalue weighted by Gasteiger charge is 2.17. The van der Waals surface area contributed by atoms with Crippen molar-refractivity contribution in [2.45, 2.75) is 0 Å². The Labute approximate surface area is 110 Å². The average Bonchev–Trinajstić information content (AvgIpc) is 2.38. The summed E-state index contributed by atoms with van der Waals surface area (Å²) >= 11 is 5.72. The van der Waals surface area contributed by atoms with Crippen molar-refractivity contribution >= 4 is 23.5 Å². The second-order valence-corrected chi connectivity index (χ2v) is 3.90. The van der Waals surface area contributed by atoms with E-state index in [2.05, 4.69) is 10.7 Å². The van der Waals surface area contributed by atoms with Crippen molar-refractivity contribution in [1.82, 2.24) is 4.90 Å². The topological polar surface area (TPSA) is 46.6 Å². The monoisotopic (exact) mass is 265 g/mol. The number of hydrogen-bond donors (Lipinski definition) is 0. The average molecular weight is 266 g/mol. The van der Waals surface area contributed by atoms with Crippen molar-refractivity contribution in [3.05, 3.63) is 34.9 Å². The predicted molar refractivity (Wildman–Crippen MR) is 68.6 cm³/mol. The zero-order valence-corrected chi connectivity index (χ0v) is 10.6. The number of amides is 1. The van der Waals surface area contributed by atoms with Gasteiger partial charge in [0.1, 0.15) is 0 Å². The summed E-state index contributed by atoms with van der Waals surface area (Å²) in [5.74, 6) is 2.07. The molecule has 1 rings (SSSR count). The molecule has 0 heterocycles. The maximum atomic E-state index is 11.9. The zero-order chi connectivity index (χ0) is 13.5. The lowest BCUT2D eigenvalue weighted by Crippen LogP contribution is -2.35. The number of carbonyl (C=O) groups is 2. The Hall–Kier alpha value is -1.99. The van der Waals surface area contributed by atoms with Crippen LogP contribution in [0.15, 0.2) is 24.3 Å². The van der Waals surface area contributed by atoms with Gasteiger partial charge >= 0.3 is 6.09 Å². The van der Waals surface area contributed by atoms with Crippen LogP contribution in [0.4, 0.5) is 4.79 Å². The van der Waals surface area contributed by atoms with E-state index in [0.717, 1.165) is 4.90 Å². The number of hydrogen-bond acceptors (Lipinski definition) is 3. The highest BCUT2D eigenvalue weighted by Crippen LogP contribution is 2.10. The SMILES string of the molecule is C#CCN(CC(=O)c1ccc(Cl)cc1)C(=O)OC. The van der Waals surface area contributed by atoms with E-state index < -0.39 is 6.09 Å². The fourth-order valence-electron chi connectivity index (χ4n) is 1.32. The number of benzene rings is 1. The minimum absolute atomic E-state index is 0.0198. The van der Waals surface area contributed by atoms with Gasteiger partial charge in [0.15, 0.2) is 5.78 Å². The summed E-state index contributed by atoms with van der Waals surface area (Å²) in [4.78, 5) is 24.4. The third-order valence-electron chi connectivity index (χ3n) is 2.22. The van der Waals surface area contributed by atoms with E-state index in [9.17, 15) is 9.59 Å². The lowest BCUT2D eigenvalue weighted by atomic mass is 10.1. The molecule has 5 heteroatoms. The molecule has 0 N–H and O–H groups in total. The van der Waals surface area contributed by atoms with E-state index >= 15 is 0 Å². The minimum Gasteiger partial charge on any atom is -0.453 e. The molecule has 4 nitrogen and oxygen atoms in total. The number of rotatable bonds is 4. The largest absolute Gasteiger partial charge is 0.453 e. The van der Waals surface area contributed by atoms with Crippen LogP contribution in [-0.4, -0.2) is 37.0 Å². The molecular formula is C13H12ClNO3. The molecule has 18 heavy (non-hydrogen) atoms. The molecule has 0 aliphatic rings. The molecule has 0 saturated heterocycles. The van der Waals surface area contributed by atoms with Gasteiger partial charge in [0.2, 0.25) is 0 Å². The number of halogens is 1. The van der Waals surface area contributed by atoms with Gasteiger partial charge in [-0.1, -0.05) is 17.5 Å². The standard InChI is InChI=1S/C13H12ClNO3/c1-3-8-15(13(17)18-2)9-12(16)10-4-6-11(14)7-5-10/h1,4-7H,8-9H2,2H3. The third-order valence-corrected chi connectivity index (χ3v) is 2.47. The van der Waals surface area contributed by atoms with E-state index in [-0.39, 0.29) is 18.9 Å². The Balaban J connectivity index is 2.75. The summed E-state index contributed by atoms with van der Waals surface area (Å²) in [5, 5.41) is 0.542. The Morgan fingerprint density at radius 1 is 1.39 bits per heavy atom. The van der Waals surface area contributed by atoms with Crippen LogP contribution in [-0.2, 0) is 4.74 Å². The van der Waals surface area contributed by atoms with Crippen molar-refractivity contribution in [2.75, 3.05) is 20.2 Å². The third kappa shape index (κ3) is 3.79. The molecule has 0 aliphatic carbocycles. The number of terminal acetylenes is 1. The van der Waals surface area contributed by atoms with Gasteiger partial charge in [-0.3, -0.25) is 9.69 Å². The van der Waals surface area contributed by atoms with Crippen molar-refractivity contribution < 1.29 is 14.3 Å². The first-order chi connectivity index (χ1) is 8.58. The quantitative estimate of drug-likeness (QED) is 0.619. The van der Waals surface area contributed by atoms with Gasteiger partial charge in [-0.05, 0) is 24.3 Å². The second-order valence-electron chi connectivity index (χ2n) is 3.46. The number of methoxy groups -OCH3 is 1. The van der Waals surface area contributed by atoms with Crippen LogP contribution in [0, 0.1) is 12.3 Å². The van der Waals surface area contributed by atoms with Gasteiger partial charge in [0.25, 0.3) is 0 Å². The molecule has 0 unspecified atom stereocenters. The molecule has 1 aromatic carbocycles. The van der Waals surface area contributed by atoms with Crippen LogP contribution < -0.4 is 0 Å². The van der Waals surface area contributed by atoms with E-state index in [1.165, 1.54) is 7.11 Å². The van der Waals surface area contributed by atoms with Gasteiger partial charge in [0, 0.05) is 10.6 Å². The molecule has 0 aliphatic heterocycles. The van der Waals surface area contributed by atoms with Gasteiger partial charge in [0.05, 0.1) is 20.2 Å². The molecular weight excluding hydrogens is 254 g/mol. The van der Waals surface area contributed by atoms with E-state index in [1.54, 1.807) is 24.3 Å². The van der Waals surface area contributed by atoms with Crippen LogP contribution in [0.5, 0.6) is 0 Å². The Bertz CT molecular complexity index is 476. The fourth-order valence-corrected chi connectivity index (χ4v) is 1.45. The van der Waals surface area contributed by atoms with Gasteiger partial charge in [-0.15, -0.1) is 6.42 Å². The molecule has 0 saturated carbocycles. The van der Waals surface area contributed by atoms with Gasteiger partial charge < -0.3 is 4.74 Å². The molecule has 0 radical (unpaired) electrons. The molecule has 0 bridgehead atoms. The van der Waals surface area contributed by atoms with Crippen LogP contribution in [0.2, 0.25) is 5.02 Å². The summed E-state index contributed by atoms with van der Waals surface area (Å²) in [7, 11) is 1.23. The first-order valence-electron chi connectivity index (χ1n) is 5.13. The summed E-state index contributed by atoms with van der Waals surface area (Å²) in [6.45, 7) is -0.107. The van der Waals surface area contributed by atoms with Crippen molar-refractivity contribution in [2.24, 2.45) is 0 Å². The number of carbonyl (C=O) groups excluding carboxylic acids is 2. The van der Waals surface area contributed by atoms with Crippen LogP contribution in [0.1, 0.15) is 10.4 Å². The maximum absolute atomic E-state index is 11.9. The minimum atomic E-state index is -0.629. The van der Waals surface area contributed by atoms with Crippen molar-refractivity contribution in [1.29, 1.82) is 0 Å². The van der Waals surface area contributed by atoms with E-state index in [1.807, 2.05) is 0 Å². The summed E-state index contributed by atoms with van der Waals surface area (Å²) < 4.78 is 4.54. The summed E-state index contributed by atoms with van der Waals surface area (Å²) in [6, 6.07) is 6.41. The summed E-state index contributed by atoms with van der Waals surface area (Å²) in [5.41, 5.74) is 0.463. The van der Waals surface area contributed by atoms with E-state index in [4.69, 9.17) is 18.0 Å². The maximum Gasteiger partial charge on any atom is 0.410 e. The van der Waals surface area contributed by atoms with Crippen molar-refractivity contribution in [3.8, 4) is 12.3 Å². The Morgan fingerprint density at radius 2 is 2.00 bits per heavy atom. The van der Waals surface area contributed by atoms with E-state index in [0.29, 0.717) is 10.6 Å². The molecule has 0 spiro atoms. The summed E-state index contributed by atoms with van der Waals surface area (Å²) in [6.07, 6.45) is 4.50. The first kappa shape index (κ1) is 14.1. The van der Waals surface area contributed by atoms with Crippen LogP contribution in [0.3, 0.4) is 0 Å². The normalized spacial score (nSPS) is 9.39. The fraction of sp³-hybridized carbons (Fsp3) is 0.231. The lowest BCUT2D eigenvalue weighted by Gasteiger charge is -2.17. The molecule has 94 valence electrons.